The van der Waals surface area contributed by atoms with Crippen molar-refractivity contribution in [2.45, 2.75) is 24.3 Å². The van der Waals surface area contributed by atoms with Gasteiger partial charge < -0.3 is 5.11 Å². The van der Waals surface area contributed by atoms with Crippen molar-refractivity contribution in [3.63, 3.8) is 0 Å². The summed E-state index contributed by atoms with van der Waals surface area (Å²) in [5.41, 5.74) is 0.286. The topological polar surface area (TPSA) is 109 Å². The van der Waals surface area contributed by atoms with Gasteiger partial charge in [0.2, 0.25) is 10.0 Å². The average Bonchev–Trinajstić information content (AvgIpc) is 2.78. The Labute approximate surface area is 129 Å². The van der Waals surface area contributed by atoms with Crippen molar-refractivity contribution in [2.24, 2.45) is 0 Å². The van der Waals surface area contributed by atoms with E-state index in [-0.39, 0.29) is 28.4 Å². The van der Waals surface area contributed by atoms with Gasteiger partial charge in [-0.1, -0.05) is 6.07 Å². The summed E-state index contributed by atoms with van der Waals surface area (Å²) in [6.07, 6.45) is 0.246. The van der Waals surface area contributed by atoms with E-state index in [1.807, 2.05) is 0 Å². The molecule has 0 bridgehead atoms. The molecular formula is C13H17NO6S2. The van der Waals surface area contributed by atoms with E-state index in [4.69, 9.17) is 5.11 Å². The number of aryl methyl sites for hydroxylation is 1. The smallest absolute Gasteiger partial charge is 0.335 e. The van der Waals surface area contributed by atoms with Crippen LogP contribution in [0.2, 0.25) is 0 Å². The predicted octanol–water partition coefficient (Wildman–Crippen LogP) is 0.501. The van der Waals surface area contributed by atoms with Gasteiger partial charge in [0.25, 0.3) is 0 Å². The minimum atomic E-state index is -3.95. The van der Waals surface area contributed by atoms with Crippen molar-refractivity contribution in [1.82, 2.24) is 4.31 Å². The lowest BCUT2D eigenvalue weighted by atomic mass is 10.1. The van der Waals surface area contributed by atoms with Crippen LogP contribution in [-0.4, -0.2) is 56.8 Å². The van der Waals surface area contributed by atoms with Crippen LogP contribution in [0.5, 0.6) is 0 Å². The third-order valence-electron chi connectivity index (χ3n) is 3.81. The molecule has 1 aromatic rings. The molecule has 1 saturated heterocycles. The van der Waals surface area contributed by atoms with Crippen molar-refractivity contribution in [2.75, 3.05) is 18.6 Å². The Morgan fingerprint density at radius 2 is 2.00 bits per heavy atom. The minimum Gasteiger partial charge on any atom is -0.478 e. The zero-order valence-corrected chi connectivity index (χ0v) is 13.8. The van der Waals surface area contributed by atoms with Crippen LogP contribution < -0.4 is 0 Å². The van der Waals surface area contributed by atoms with E-state index in [1.54, 1.807) is 6.92 Å². The van der Waals surface area contributed by atoms with Crippen LogP contribution in [0.1, 0.15) is 22.3 Å². The van der Waals surface area contributed by atoms with Crippen LogP contribution in [0.25, 0.3) is 0 Å². The Bertz CT molecular complexity index is 813. The summed E-state index contributed by atoms with van der Waals surface area (Å²) < 4.78 is 49.4. The van der Waals surface area contributed by atoms with Gasteiger partial charge >= 0.3 is 5.97 Å². The maximum Gasteiger partial charge on any atom is 0.335 e. The van der Waals surface area contributed by atoms with Gasteiger partial charge in [-0.25, -0.2) is 21.6 Å². The Hall–Kier alpha value is -1.45. The summed E-state index contributed by atoms with van der Waals surface area (Å²) in [6, 6.07) is 3.24. The lowest BCUT2D eigenvalue weighted by Crippen LogP contribution is -2.38. The fourth-order valence-corrected chi connectivity index (χ4v) is 5.93. The molecule has 1 fully saturated rings. The monoisotopic (exact) mass is 347 g/mol. The SMILES string of the molecule is Cc1ccc(C(=O)O)cc1S(=O)(=O)N(C)[C@H]1CCS(=O)(=O)C1. The molecule has 1 aliphatic rings. The summed E-state index contributed by atoms with van der Waals surface area (Å²) in [4.78, 5) is 10.9. The van der Waals surface area contributed by atoms with Crippen LogP contribution in [-0.2, 0) is 19.9 Å². The minimum absolute atomic E-state index is 0.0360. The first-order valence-electron chi connectivity index (χ1n) is 6.57. The number of sulfone groups is 1. The molecule has 2 rings (SSSR count). The van der Waals surface area contributed by atoms with Gasteiger partial charge in [-0.05, 0) is 31.0 Å². The van der Waals surface area contributed by atoms with Crippen LogP contribution in [0.4, 0.5) is 0 Å². The fourth-order valence-electron chi connectivity index (χ4n) is 2.42. The number of carboxylic acid groups (broad SMARTS) is 1. The van der Waals surface area contributed by atoms with Gasteiger partial charge in [0, 0.05) is 13.1 Å². The van der Waals surface area contributed by atoms with E-state index in [2.05, 4.69) is 0 Å². The highest BCUT2D eigenvalue weighted by atomic mass is 32.2. The number of aromatic carboxylic acids is 1. The lowest BCUT2D eigenvalue weighted by molar-refractivity contribution is 0.0696. The molecule has 1 atom stereocenters. The number of nitrogens with zero attached hydrogens (tertiary/aromatic N) is 1. The lowest BCUT2D eigenvalue weighted by Gasteiger charge is -2.23. The molecule has 0 unspecified atom stereocenters. The van der Waals surface area contributed by atoms with Crippen LogP contribution in [0, 0.1) is 6.92 Å². The van der Waals surface area contributed by atoms with Gasteiger partial charge in [0.05, 0.1) is 22.0 Å². The first-order chi connectivity index (χ1) is 10.0. The van der Waals surface area contributed by atoms with Crippen LogP contribution in [0.15, 0.2) is 23.1 Å². The largest absolute Gasteiger partial charge is 0.478 e. The predicted molar refractivity (Wildman–Crippen MR) is 80.1 cm³/mol. The van der Waals surface area contributed by atoms with E-state index >= 15 is 0 Å². The van der Waals surface area contributed by atoms with Crippen LogP contribution >= 0.6 is 0 Å². The molecule has 1 aliphatic heterocycles. The Morgan fingerprint density at radius 3 is 2.50 bits per heavy atom. The number of carbonyl (C=O) groups is 1. The molecule has 22 heavy (non-hydrogen) atoms. The van der Waals surface area contributed by atoms with Gasteiger partial charge in [-0.15, -0.1) is 0 Å². The van der Waals surface area contributed by atoms with Gasteiger partial charge in [0.1, 0.15) is 0 Å². The Kier molecular flexibility index (Phi) is 4.33. The summed E-state index contributed by atoms with van der Waals surface area (Å²) in [5.74, 6) is -1.46. The summed E-state index contributed by atoms with van der Waals surface area (Å²) >= 11 is 0. The van der Waals surface area contributed by atoms with Gasteiger partial charge in [-0.3, -0.25) is 0 Å². The molecule has 1 aromatic carbocycles. The number of hydrogen-bond donors (Lipinski definition) is 1. The molecule has 7 nitrogen and oxygen atoms in total. The third kappa shape index (κ3) is 3.16. The van der Waals surface area contributed by atoms with Crippen molar-refractivity contribution in [1.29, 1.82) is 0 Å². The first-order valence-corrected chi connectivity index (χ1v) is 9.83. The molecule has 0 saturated carbocycles. The molecule has 0 aliphatic carbocycles. The second-order valence-electron chi connectivity index (χ2n) is 5.36. The zero-order chi connectivity index (χ0) is 16.7. The number of sulfonamides is 1. The molecule has 0 aromatic heterocycles. The Morgan fingerprint density at radius 1 is 1.36 bits per heavy atom. The molecule has 0 amide bonds. The second-order valence-corrected chi connectivity index (χ2v) is 9.56. The maximum atomic E-state index is 12.7. The number of hydrogen-bond acceptors (Lipinski definition) is 5. The summed E-state index contributed by atoms with van der Waals surface area (Å²) in [5, 5.41) is 9.00. The highest BCUT2D eigenvalue weighted by Crippen LogP contribution is 2.26. The normalized spacial score (nSPS) is 21.1. The second kappa shape index (κ2) is 5.64. The van der Waals surface area contributed by atoms with Crippen molar-refractivity contribution >= 4 is 25.8 Å². The van der Waals surface area contributed by atoms with E-state index in [1.165, 1.54) is 19.2 Å². The van der Waals surface area contributed by atoms with Gasteiger partial charge in [0.15, 0.2) is 9.84 Å². The molecule has 122 valence electrons. The fraction of sp³-hybridized carbons (Fsp3) is 0.462. The molecule has 0 radical (unpaired) electrons. The van der Waals surface area contributed by atoms with Crippen molar-refractivity contribution in [3.8, 4) is 0 Å². The number of benzene rings is 1. The van der Waals surface area contributed by atoms with E-state index in [0.717, 1.165) is 10.4 Å². The quantitative estimate of drug-likeness (QED) is 0.849. The van der Waals surface area contributed by atoms with E-state index < -0.39 is 31.9 Å². The van der Waals surface area contributed by atoms with Crippen LogP contribution in [0.3, 0.4) is 0 Å². The highest BCUT2D eigenvalue weighted by Gasteiger charge is 2.37. The maximum absolute atomic E-state index is 12.7. The Balaban J connectivity index is 2.42. The van der Waals surface area contributed by atoms with Crippen molar-refractivity contribution in [3.05, 3.63) is 29.3 Å². The standard InChI is InChI=1S/C13H17NO6S2/c1-9-3-4-10(13(15)16)7-12(9)22(19,20)14(2)11-5-6-21(17,18)8-11/h3-4,7,11H,5-6,8H2,1-2H3,(H,15,16)/t11-/m0/s1. The zero-order valence-electron chi connectivity index (χ0n) is 12.2. The van der Waals surface area contributed by atoms with E-state index in [9.17, 15) is 21.6 Å². The van der Waals surface area contributed by atoms with Crippen molar-refractivity contribution < 1.29 is 26.7 Å². The van der Waals surface area contributed by atoms with Gasteiger partial charge in [-0.2, -0.15) is 4.31 Å². The number of carboxylic acids is 1. The first kappa shape index (κ1) is 16.9. The van der Waals surface area contributed by atoms with E-state index in [0.29, 0.717) is 5.56 Å². The average molecular weight is 347 g/mol. The molecular weight excluding hydrogens is 330 g/mol. The summed E-state index contributed by atoms with van der Waals surface area (Å²) in [7, 11) is -5.84. The summed E-state index contributed by atoms with van der Waals surface area (Å²) in [6.45, 7) is 1.57. The molecule has 1 N–H and O–H groups in total. The number of rotatable bonds is 4. The molecule has 1 heterocycles. The highest BCUT2D eigenvalue weighted by molar-refractivity contribution is 7.92. The molecule has 9 heteroatoms. The third-order valence-corrected chi connectivity index (χ3v) is 7.62. The molecule has 0 spiro atoms.